The SMILES string of the molecule is N#Cc1ccc([C@@H]2[C@@H]3CC[C@@H](C3)[C@@H]2C(=O)Nc2cccc3cccnc23)cc1. The second kappa shape index (κ2) is 6.76. The van der Waals surface area contributed by atoms with Crippen LogP contribution in [0.25, 0.3) is 10.9 Å². The zero-order valence-electron chi connectivity index (χ0n) is 15.5. The molecule has 4 heteroatoms. The van der Waals surface area contributed by atoms with Crippen LogP contribution in [0.3, 0.4) is 0 Å². The van der Waals surface area contributed by atoms with Crippen LogP contribution in [0.4, 0.5) is 5.69 Å². The molecule has 5 rings (SSSR count). The van der Waals surface area contributed by atoms with Crippen molar-refractivity contribution < 1.29 is 4.79 Å². The van der Waals surface area contributed by atoms with E-state index in [1.165, 1.54) is 12.0 Å². The number of fused-ring (bicyclic) bond motifs is 3. The fourth-order valence-corrected chi connectivity index (χ4v) is 5.35. The summed E-state index contributed by atoms with van der Waals surface area (Å²) in [7, 11) is 0. The quantitative estimate of drug-likeness (QED) is 0.718. The maximum absolute atomic E-state index is 13.4. The van der Waals surface area contributed by atoms with Crippen molar-refractivity contribution in [1.82, 2.24) is 4.98 Å². The normalized spacial score (nSPS) is 25.5. The summed E-state index contributed by atoms with van der Waals surface area (Å²) in [6.45, 7) is 0. The molecule has 138 valence electrons. The van der Waals surface area contributed by atoms with Crippen molar-refractivity contribution in [3.05, 3.63) is 71.9 Å². The zero-order chi connectivity index (χ0) is 19.1. The molecule has 4 atom stereocenters. The minimum atomic E-state index is -0.0225. The summed E-state index contributed by atoms with van der Waals surface area (Å²) < 4.78 is 0. The molecule has 28 heavy (non-hydrogen) atoms. The Morgan fingerprint density at radius 1 is 1.04 bits per heavy atom. The Morgan fingerprint density at radius 3 is 2.64 bits per heavy atom. The van der Waals surface area contributed by atoms with E-state index < -0.39 is 0 Å². The second-order valence-corrected chi connectivity index (χ2v) is 7.99. The molecule has 1 N–H and O–H groups in total. The minimum absolute atomic E-state index is 0.0225. The van der Waals surface area contributed by atoms with E-state index in [4.69, 9.17) is 5.26 Å². The van der Waals surface area contributed by atoms with E-state index in [1.807, 2.05) is 54.6 Å². The van der Waals surface area contributed by atoms with E-state index in [2.05, 4.69) is 16.4 Å². The highest BCUT2D eigenvalue weighted by Crippen LogP contribution is 2.57. The minimum Gasteiger partial charge on any atom is -0.324 e. The molecule has 2 aliphatic rings. The molecule has 2 bridgehead atoms. The number of para-hydroxylation sites is 1. The number of nitrogens with zero attached hydrogens (tertiary/aromatic N) is 2. The summed E-state index contributed by atoms with van der Waals surface area (Å²) in [6, 6.07) is 19.8. The van der Waals surface area contributed by atoms with Crippen LogP contribution >= 0.6 is 0 Å². The van der Waals surface area contributed by atoms with Crippen LogP contribution in [0, 0.1) is 29.1 Å². The molecular weight excluding hydrogens is 346 g/mol. The first-order valence-corrected chi connectivity index (χ1v) is 9.89. The molecule has 2 aliphatic carbocycles. The summed E-state index contributed by atoms with van der Waals surface area (Å²) in [6.07, 6.45) is 5.20. The number of rotatable bonds is 3. The van der Waals surface area contributed by atoms with Crippen molar-refractivity contribution in [2.24, 2.45) is 17.8 Å². The summed E-state index contributed by atoms with van der Waals surface area (Å²) in [5, 5.41) is 13.3. The summed E-state index contributed by atoms with van der Waals surface area (Å²) in [5.41, 5.74) is 3.46. The average Bonchev–Trinajstić information content (AvgIpc) is 3.36. The Kier molecular flexibility index (Phi) is 4.09. The number of nitrogens with one attached hydrogen (secondary N) is 1. The molecule has 2 aromatic carbocycles. The average molecular weight is 367 g/mol. The number of amides is 1. The van der Waals surface area contributed by atoms with Crippen LogP contribution in [-0.4, -0.2) is 10.9 Å². The Bertz CT molecular complexity index is 1080. The Balaban J connectivity index is 1.46. The summed E-state index contributed by atoms with van der Waals surface area (Å²) in [5.74, 6) is 1.30. The third-order valence-corrected chi connectivity index (χ3v) is 6.53. The predicted molar refractivity (Wildman–Crippen MR) is 109 cm³/mol. The number of aromatic nitrogens is 1. The van der Waals surface area contributed by atoms with Crippen LogP contribution in [0.5, 0.6) is 0 Å². The van der Waals surface area contributed by atoms with Gasteiger partial charge in [-0.1, -0.05) is 30.3 Å². The number of pyridine rings is 1. The Labute approximate surface area is 164 Å². The molecule has 1 aromatic heterocycles. The van der Waals surface area contributed by atoms with Gasteiger partial charge in [-0.25, -0.2) is 0 Å². The van der Waals surface area contributed by atoms with Gasteiger partial charge in [0.25, 0.3) is 0 Å². The third-order valence-electron chi connectivity index (χ3n) is 6.53. The van der Waals surface area contributed by atoms with Gasteiger partial charge in [-0.2, -0.15) is 5.26 Å². The van der Waals surface area contributed by atoms with Crippen molar-refractivity contribution in [1.29, 1.82) is 5.26 Å². The van der Waals surface area contributed by atoms with Gasteiger partial charge in [0.1, 0.15) is 0 Å². The smallest absolute Gasteiger partial charge is 0.228 e. The highest BCUT2D eigenvalue weighted by molar-refractivity contribution is 6.01. The number of anilines is 1. The topological polar surface area (TPSA) is 65.8 Å². The van der Waals surface area contributed by atoms with Crippen LogP contribution < -0.4 is 5.32 Å². The van der Waals surface area contributed by atoms with Gasteiger partial charge in [-0.15, -0.1) is 0 Å². The lowest BCUT2D eigenvalue weighted by Crippen LogP contribution is -2.32. The highest BCUT2D eigenvalue weighted by atomic mass is 16.1. The number of carbonyl (C=O) groups excluding carboxylic acids is 1. The third kappa shape index (κ3) is 2.75. The molecule has 2 fully saturated rings. The van der Waals surface area contributed by atoms with E-state index in [9.17, 15) is 4.79 Å². The van der Waals surface area contributed by atoms with Gasteiger partial charge in [-0.3, -0.25) is 9.78 Å². The van der Waals surface area contributed by atoms with E-state index in [1.54, 1.807) is 6.20 Å². The lowest BCUT2D eigenvalue weighted by atomic mass is 9.75. The van der Waals surface area contributed by atoms with Gasteiger partial charge in [0.2, 0.25) is 5.91 Å². The van der Waals surface area contributed by atoms with Crippen LogP contribution in [0.15, 0.2) is 60.8 Å². The molecule has 0 saturated heterocycles. The molecule has 0 aliphatic heterocycles. The summed E-state index contributed by atoms with van der Waals surface area (Å²) >= 11 is 0. The van der Waals surface area contributed by atoms with Gasteiger partial charge in [0.15, 0.2) is 0 Å². The predicted octanol–water partition coefficient (Wildman–Crippen LogP) is 4.87. The molecule has 0 spiro atoms. The van der Waals surface area contributed by atoms with Crippen molar-refractivity contribution in [2.75, 3.05) is 5.32 Å². The fraction of sp³-hybridized carbons (Fsp3) is 0.292. The summed E-state index contributed by atoms with van der Waals surface area (Å²) in [4.78, 5) is 17.8. The van der Waals surface area contributed by atoms with Crippen LogP contribution in [0.1, 0.15) is 36.3 Å². The highest BCUT2D eigenvalue weighted by Gasteiger charge is 2.51. The first kappa shape index (κ1) is 16.9. The molecule has 1 amide bonds. The van der Waals surface area contributed by atoms with E-state index in [0.29, 0.717) is 17.4 Å². The fourth-order valence-electron chi connectivity index (χ4n) is 5.35. The lowest BCUT2D eigenvalue weighted by Gasteiger charge is -2.30. The monoisotopic (exact) mass is 367 g/mol. The van der Waals surface area contributed by atoms with E-state index in [-0.39, 0.29) is 17.7 Å². The molecule has 0 unspecified atom stereocenters. The number of nitriles is 1. The number of benzene rings is 2. The Hall–Kier alpha value is -3.19. The maximum atomic E-state index is 13.4. The number of hydrogen-bond acceptors (Lipinski definition) is 3. The van der Waals surface area contributed by atoms with Gasteiger partial charge in [-0.05, 0) is 66.8 Å². The first-order chi connectivity index (χ1) is 13.7. The lowest BCUT2D eigenvalue weighted by molar-refractivity contribution is -0.121. The van der Waals surface area contributed by atoms with Gasteiger partial charge < -0.3 is 5.32 Å². The van der Waals surface area contributed by atoms with E-state index in [0.717, 1.165) is 29.4 Å². The molecule has 0 radical (unpaired) electrons. The Morgan fingerprint density at radius 2 is 1.82 bits per heavy atom. The van der Waals surface area contributed by atoms with Gasteiger partial charge >= 0.3 is 0 Å². The van der Waals surface area contributed by atoms with Gasteiger partial charge in [0, 0.05) is 17.5 Å². The first-order valence-electron chi connectivity index (χ1n) is 9.89. The molecule has 3 aromatic rings. The molecule has 1 heterocycles. The van der Waals surface area contributed by atoms with Crippen molar-refractivity contribution in [2.45, 2.75) is 25.2 Å². The van der Waals surface area contributed by atoms with Crippen molar-refractivity contribution in [3.63, 3.8) is 0 Å². The molecule has 2 saturated carbocycles. The van der Waals surface area contributed by atoms with Crippen molar-refractivity contribution >= 4 is 22.5 Å². The molecular formula is C24H21N3O. The van der Waals surface area contributed by atoms with Crippen LogP contribution in [0.2, 0.25) is 0 Å². The maximum Gasteiger partial charge on any atom is 0.228 e. The molecule has 4 nitrogen and oxygen atoms in total. The van der Waals surface area contributed by atoms with Gasteiger partial charge in [0.05, 0.1) is 22.8 Å². The largest absolute Gasteiger partial charge is 0.324 e. The van der Waals surface area contributed by atoms with Crippen LogP contribution in [-0.2, 0) is 4.79 Å². The standard InChI is InChI=1S/C24H21N3O/c25-14-15-6-8-16(9-7-15)21-18-10-11-19(13-18)22(21)24(28)27-20-5-1-3-17-4-2-12-26-23(17)20/h1-9,12,18-19,21-22H,10-11,13H2,(H,27,28)/t18-,19+,21-,22+/m1/s1. The van der Waals surface area contributed by atoms with E-state index >= 15 is 0 Å². The van der Waals surface area contributed by atoms with Crippen molar-refractivity contribution in [3.8, 4) is 6.07 Å². The zero-order valence-corrected chi connectivity index (χ0v) is 15.5. The second-order valence-electron chi connectivity index (χ2n) is 7.99. The number of carbonyl (C=O) groups is 1. The number of hydrogen-bond donors (Lipinski definition) is 1.